The maximum atomic E-state index is 12.5. The molecule has 0 amide bonds. The Morgan fingerprint density at radius 2 is 1.86 bits per heavy atom. The van der Waals surface area contributed by atoms with Crippen LogP contribution >= 0.6 is 23.2 Å². The van der Waals surface area contributed by atoms with Crippen molar-refractivity contribution in [1.82, 2.24) is 15.1 Å². The smallest absolute Gasteiger partial charge is 0.471 e. The van der Waals surface area contributed by atoms with Crippen LogP contribution in [0.1, 0.15) is 16.4 Å². The van der Waals surface area contributed by atoms with E-state index in [4.69, 9.17) is 23.2 Å². The molecule has 2 heterocycles. The summed E-state index contributed by atoms with van der Waals surface area (Å²) < 4.78 is 54.1. The first-order valence-corrected chi connectivity index (χ1v) is 9.47. The predicted molar refractivity (Wildman–Crippen MR) is 94.6 cm³/mol. The zero-order valence-electron chi connectivity index (χ0n) is 13.5. The van der Waals surface area contributed by atoms with Crippen molar-refractivity contribution in [2.75, 3.05) is 5.75 Å². The maximum Gasteiger partial charge on any atom is 0.471 e. The van der Waals surface area contributed by atoms with Crippen LogP contribution in [-0.2, 0) is 17.4 Å². The standard InChI is InChI=1S/C16H8Cl2F3N3O3S/c17-9-2-1-3-10(18)13(9)28(26)7-12(25)11-5-4-8(6-22-11)14-23-15(27-24-14)16(19,20)21/h1-6H,7H2. The molecule has 0 saturated heterocycles. The van der Waals surface area contributed by atoms with E-state index in [-0.39, 0.29) is 32.0 Å². The van der Waals surface area contributed by atoms with Crippen molar-refractivity contribution in [3.63, 3.8) is 0 Å². The first-order chi connectivity index (χ1) is 13.2. The number of carbonyl (C=O) groups excluding carboxylic acids is 1. The van der Waals surface area contributed by atoms with Crippen molar-refractivity contribution in [2.45, 2.75) is 11.1 Å². The lowest BCUT2D eigenvalue weighted by Crippen LogP contribution is -2.18. The summed E-state index contributed by atoms with van der Waals surface area (Å²) in [7, 11) is 0. The number of nitrogens with zero attached hydrogens (tertiary/aromatic N) is 3. The van der Waals surface area contributed by atoms with E-state index in [1.54, 1.807) is 6.07 Å². The lowest BCUT2D eigenvalue weighted by atomic mass is 10.2. The molecule has 0 aliphatic heterocycles. The largest absolute Gasteiger partial charge is 0.611 e. The molecule has 0 aliphatic rings. The van der Waals surface area contributed by atoms with E-state index in [2.05, 4.69) is 19.6 Å². The van der Waals surface area contributed by atoms with Gasteiger partial charge in [0.2, 0.25) is 11.6 Å². The number of aromatic nitrogens is 3. The van der Waals surface area contributed by atoms with Crippen LogP contribution in [0.4, 0.5) is 13.2 Å². The minimum Gasteiger partial charge on any atom is -0.611 e. The molecule has 6 nitrogen and oxygen atoms in total. The molecule has 3 aromatic rings. The summed E-state index contributed by atoms with van der Waals surface area (Å²) in [6.45, 7) is 0. The Morgan fingerprint density at radius 1 is 1.18 bits per heavy atom. The number of ketones is 1. The summed E-state index contributed by atoms with van der Waals surface area (Å²) in [5.74, 6) is -2.80. The van der Waals surface area contributed by atoms with Crippen molar-refractivity contribution < 1.29 is 27.0 Å². The van der Waals surface area contributed by atoms with E-state index in [1.165, 1.54) is 24.3 Å². The molecule has 0 radical (unpaired) electrons. The van der Waals surface area contributed by atoms with Gasteiger partial charge < -0.3 is 9.08 Å². The number of hydrogen-bond donors (Lipinski definition) is 0. The lowest BCUT2D eigenvalue weighted by Gasteiger charge is -2.12. The number of rotatable bonds is 5. The number of hydrogen-bond acceptors (Lipinski definition) is 6. The molecular formula is C16H8Cl2F3N3O3S. The summed E-state index contributed by atoms with van der Waals surface area (Å²) >= 11 is 10.1. The minimum atomic E-state index is -4.77. The van der Waals surface area contributed by atoms with E-state index < -0.39 is 34.8 Å². The van der Waals surface area contributed by atoms with Crippen LogP contribution in [-0.4, -0.2) is 31.2 Å². The SMILES string of the molecule is O=C(C[S+]([O-])c1c(Cl)cccc1Cl)c1ccc(-c2noc(C(F)(F)F)n2)cn1. The highest BCUT2D eigenvalue weighted by atomic mass is 35.5. The molecule has 1 aromatic carbocycles. The third-order valence-corrected chi connectivity index (χ3v) is 5.66. The second kappa shape index (κ2) is 8.08. The number of pyridine rings is 1. The molecule has 12 heteroatoms. The molecule has 28 heavy (non-hydrogen) atoms. The first kappa shape index (κ1) is 20.6. The van der Waals surface area contributed by atoms with Crippen LogP contribution in [0.5, 0.6) is 0 Å². The van der Waals surface area contributed by atoms with Crippen LogP contribution in [0.15, 0.2) is 45.9 Å². The highest BCUT2D eigenvalue weighted by Gasteiger charge is 2.38. The van der Waals surface area contributed by atoms with Gasteiger partial charge in [-0.15, -0.1) is 0 Å². The van der Waals surface area contributed by atoms with Crippen molar-refractivity contribution in [3.8, 4) is 11.4 Å². The van der Waals surface area contributed by atoms with Gasteiger partial charge in [-0.1, -0.05) is 34.4 Å². The molecule has 1 unspecified atom stereocenters. The molecule has 146 valence electrons. The van der Waals surface area contributed by atoms with Gasteiger partial charge >= 0.3 is 12.1 Å². The quantitative estimate of drug-likeness (QED) is 0.422. The Kier molecular flexibility index (Phi) is 5.94. The fraction of sp³-hybridized carbons (Fsp3) is 0.125. The summed E-state index contributed by atoms with van der Waals surface area (Å²) in [6, 6.07) is 7.13. The Balaban J connectivity index is 1.74. The van der Waals surface area contributed by atoms with Crippen LogP contribution < -0.4 is 0 Å². The Labute approximate surface area is 168 Å². The lowest BCUT2D eigenvalue weighted by molar-refractivity contribution is -0.159. The maximum absolute atomic E-state index is 12.5. The van der Waals surface area contributed by atoms with Crippen molar-refractivity contribution >= 4 is 40.2 Å². The normalized spacial score (nSPS) is 12.8. The molecule has 3 rings (SSSR count). The number of Topliss-reactive ketones (excluding diaryl/α,β-unsaturated/α-hetero) is 1. The molecule has 1 atom stereocenters. The van der Waals surface area contributed by atoms with Gasteiger partial charge in [0.15, 0.2) is 10.6 Å². The van der Waals surface area contributed by atoms with E-state index in [9.17, 15) is 22.5 Å². The van der Waals surface area contributed by atoms with Gasteiger partial charge in [0.1, 0.15) is 5.69 Å². The average Bonchev–Trinajstić information content (AvgIpc) is 3.12. The average molecular weight is 450 g/mol. The molecular weight excluding hydrogens is 442 g/mol. The minimum absolute atomic E-state index is 0.0418. The third-order valence-electron chi connectivity index (χ3n) is 3.38. The Bertz CT molecular complexity index is 992. The summed E-state index contributed by atoms with van der Waals surface area (Å²) in [6.07, 6.45) is -3.65. The molecule has 0 bridgehead atoms. The zero-order chi connectivity index (χ0) is 20.5. The monoisotopic (exact) mass is 449 g/mol. The van der Waals surface area contributed by atoms with Gasteiger partial charge in [0.05, 0.1) is 10.0 Å². The Hall–Kier alpha value is -2.14. The van der Waals surface area contributed by atoms with Gasteiger partial charge in [0.25, 0.3) is 0 Å². The summed E-state index contributed by atoms with van der Waals surface area (Å²) in [5, 5.41) is 3.56. The van der Waals surface area contributed by atoms with E-state index in [1.807, 2.05) is 0 Å². The third kappa shape index (κ3) is 4.46. The highest BCUT2D eigenvalue weighted by molar-refractivity contribution is 7.92. The molecule has 0 fully saturated rings. The number of alkyl halides is 3. The molecule has 0 aliphatic carbocycles. The van der Waals surface area contributed by atoms with Gasteiger partial charge in [-0.05, 0) is 35.4 Å². The van der Waals surface area contributed by atoms with Crippen molar-refractivity contribution in [1.29, 1.82) is 0 Å². The topological polar surface area (TPSA) is 91.9 Å². The summed E-state index contributed by atoms with van der Waals surface area (Å²) in [5.41, 5.74) is 0.0749. The molecule has 0 saturated carbocycles. The van der Waals surface area contributed by atoms with Crippen LogP contribution in [0.3, 0.4) is 0 Å². The highest BCUT2D eigenvalue weighted by Crippen LogP contribution is 2.31. The number of halogens is 5. The molecule has 0 spiro atoms. The van der Waals surface area contributed by atoms with Crippen molar-refractivity contribution in [3.05, 3.63) is 58.2 Å². The Morgan fingerprint density at radius 3 is 2.39 bits per heavy atom. The van der Waals surface area contributed by atoms with E-state index in [0.29, 0.717) is 0 Å². The predicted octanol–water partition coefficient (Wildman–Crippen LogP) is 4.45. The van der Waals surface area contributed by atoms with Gasteiger partial charge in [-0.2, -0.15) is 18.2 Å². The van der Waals surface area contributed by atoms with E-state index >= 15 is 0 Å². The van der Waals surface area contributed by atoms with Gasteiger partial charge in [-0.25, -0.2) is 0 Å². The van der Waals surface area contributed by atoms with Crippen LogP contribution in [0.2, 0.25) is 10.0 Å². The van der Waals surface area contributed by atoms with E-state index in [0.717, 1.165) is 6.20 Å². The second-order valence-electron chi connectivity index (χ2n) is 5.32. The fourth-order valence-corrected chi connectivity index (χ4v) is 4.13. The van der Waals surface area contributed by atoms with Gasteiger partial charge in [0, 0.05) is 11.8 Å². The number of benzene rings is 1. The fourth-order valence-electron chi connectivity index (χ4n) is 2.11. The summed E-state index contributed by atoms with van der Waals surface area (Å²) in [4.78, 5) is 19.5. The van der Waals surface area contributed by atoms with Crippen LogP contribution in [0, 0.1) is 0 Å². The zero-order valence-corrected chi connectivity index (χ0v) is 15.9. The van der Waals surface area contributed by atoms with Crippen LogP contribution in [0.25, 0.3) is 11.4 Å². The molecule has 2 aromatic heterocycles. The van der Waals surface area contributed by atoms with Gasteiger partial charge in [-0.3, -0.25) is 9.78 Å². The molecule has 0 N–H and O–H groups in total. The first-order valence-electron chi connectivity index (χ1n) is 7.39. The van der Waals surface area contributed by atoms with Crippen molar-refractivity contribution in [2.24, 2.45) is 0 Å². The second-order valence-corrected chi connectivity index (χ2v) is 7.52. The number of carbonyl (C=O) groups is 1.